The van der Waals surface area contributed by atoms with Crippen LogP contribution in [0.15, 0.2) is 0 Å². The van der Waals surface area contributed by atoms with Gasteiger partial charge in [0.1, 0.15) is 6.61 Å². The van der Waals surface area contributed by atoms with Crippen molar-refractivity contribution in [2.75, 3.05) is 20.3 Å². The van der Waals surface area contributed by atoms with E-state index in [0.717, 1.165) is 0 Å². The van der Waals surface area contributed by atoms with Crippen molar-refractivity contribution in [3.63, 3.8) is 0 Å². The molecule has 5 heteroatoms. The van der Waals surface area contributed by atoms with E-state index in [1.54, 1.807) is 0 Å². The Morgan fingerprint density at radius 1 is 1.78 bits per heavy atom. The van der Waals surface area contributed by atoms with Crippen molar-refractivity contribution in [3.05, 3.63) is 0 Å². The second-order valence-corrected chi connectivity index (χ2v) is 1.66. The van der Waals surface area contributed by atoms with Crippen molar-refractivity contribution in [2.45, 2.75) is 6.04 Å². The highest BCUT2D eigenvalue weighted by molar-refractivity contribution is 6.13. The molecule has 0 bridgehead atoms. The van der Waals surface area contributed by atoms with E-state index in [1.807, 2.05) is 0 Å². The highest BCUT2D eigenvalue weighted by Gasteiger charge is 2.03. The molecule has 0 fully saturated rings. The summed E-state index contributed by atoms with van der Waals surface area (Å²) in [6.07, 6.45) is 0. The molecule has 2 N–H and O–H groups in total. The van der Waals surface area contributed by atoms with Crippen LogP contribution in [0.1, 0.15) is 0 Å². The van der Waals surface area contributed by atoms with Crippen molar-refractivity contribution in [3.8, 4) is 0 Å². The molecule has 1 atom stereocenters. The molecule has 0 aliphatic rings. The van der Waals surface area contributed by atoms with E-state index in [0.29, 0.717) is 0 Å². The summed E-state index contributed by atoms with van der Waals surface area (Å²) in [7, 11) is 1.39. The molecule has 0 aromatic carbocycles. The van der Waals surface area contributed by atoms with Crippen LogP contribution >= 0.6 is 11.8 Å². The number of hydrogen-bond donors (Lipinski definition) is 2. The Balaban J connectivity index is 3.09. The smallest absolute Gasteiger partial charge is 0.101 e. The van der Waals surface area contributed by atoms with Gasteiger partial charge in [-0.15, -0.1) is 0 Å². The van der Waals surface area contributed by atoms with Crippen molar-refractivity contribution < 1.29 is 14.9 Å². The fraction of sp³-hybridized carbons (Fsp3) is 1.00. The van der Waals surface area contributed by atoms with Crippen LogP contribution in [0.2, 0.25) is 0 Å². The molecule has 0 amide bonds. The molecule has 0 unspecified atom stereocenters. The van der Waals surface area contributed by atoms with Crippen LogP contribution in [0.3, 0.4) is 0 Å². The lowest BCUT2D eigenvalue weighted by atomic mass is 10.4. The average molecular weight is 156 g/mol. The van der Waals surface area contributed by atoms with Crippen molar-refractivity contribution in [2.24, 2.45) is 0 Å². The van der Waals surface area contributed by atoms with E-state index in [-0.39, 0.29) is 19.3 Å². The zero-order valence-electron chi connectivity index (χ0n) is 5.13. The third-order valence-electron chi connectivity index (χ3n) is 0.762. The normalized spacial score (nSPS) is 13.7. The number of rotatable bonds is 5. The fourth-order valence-corrected chi connectivity index (χ4v) is 0.401. The van der Waals surface area contributed by atoms with E-state index in [9.17, 15) is 0 Å². The Kier molecular flexibility index (Phi) is 6.34. The molecule has 0 saturated heterocycles. The van der Waals surface area contributed by atoms with E-state index in [2.05, 4.69) is 14.6 Å². The van der Waals surface area contributed by atoms with Gasteiger partial charge in [-0.25, -0.2) is 14.6 Å². The van der Waals surface area contributed by atoms with E-state index in [1.165, 1.54) is 7.11 Å². The minimum absolute atomic E-state index is 0.0765. The zero-order valence-corrected chi connectivity index (χ0v) is 5.89. The number of aliphatic hydroxyl groups is 1. The summed E-state index contributed by atoms with van der Waals surface area (Å²) < 4.78 is 0. The maximum absolute atomic E-state index is 8.47. The number of halogens is 1. The Bertz CT molecular complexity index is 59.8. The number of aliphatic hydroxyl groups excluding tert-OH is 1. The first kappa shape index (κ1) is 9.13. The van der Waals surface area contributed by atoms with E-state index in [4.69, 9.17) is 16.9 Å². The first-order valence-electron chi connectivity index (χ1n) is 2.47. The first-order valence-corrected chi connectivity index (χ1v) is 2.85. The molecule has 0 aliphatic carbocycles. The predicted molar refractivity (Wildman–Crippen MR) is 32.8 cm³/mol. The second kappa shape index (κ2) is 6.25. The van der Waals surface area contributed by atoms with Gasteiger partial charge in [0, 0.05) is 0 Å². The average Bonchev–Trinajstić information content (AvgIpc) is 1.91. The van der Waals surface area contributed by atoms with Gasteiger partial charge in [0.25, 0.3) is 0 Å². The number of nitrogens with one attached hydrogen (secondary N) is 1. The maximum atomic E-state index is 8.47. The molecule has 0 radical (unpaired) electrons. The summed E-state index contributed by atoms with van der Waals surface area (Å²) in [6, 6.07) is -0.272. The largest absolute Gasteiger partial charge is 0.395 e. The van der Waals surface area contributed by atoms with E-state index < -0.39 is 0 Å². The minimum atomic E-state index is -0.272. The van der Waals surface area contributed by atoms with Crippen molar-refractivity contribution in [1.29, 1.82) is 0 Å². The highest BCUT2D eigenvalue weighted by Crippen LogP contribution is 1.85. The van der Waals surface area contributed by atoms with Crippen LogP contribution < -0.4 is 4.84 Å². The van der Waals surface area contributed by atoms with Gasteiger partial charge in [-0.3, -0.25) is 0 Å². The molecule has 56 valence electrons. The van der Waals surface area contributed by atoms with Crippen molar-refractivity contribution >= 4 is 11.8 Å². The van der Waals surface area contributed by atoms with Gasteiger partial charge in [-0.05, 0) is 11.8 Å². The van der Waals surface area contributed by atoms with Crippen LogP contribution in [0, 0.1) is 0 Å². The standard InChI is InChI=1S/C4H10ClNO3/c1-8-9-3-4(2-7)6-5/h4,6-7H,2-3H2,1H3/t4-/m0/s1. The Morgan fingerprint density at radius 3 is 2.78 bits per heavy atom. The van der Waals surface area contributed by atoms with Gasteiger partial charge in [-0.1, -0.05) is 0 Å². The molecule has 0 saturated carbocycles. The van der Waals surface area contributed by atoms with E-state index >= 15 is 0 Å². The lowest BCUT2D eigenvalue weighted by molar-refractivity contribution is -0.276. The fourth-order valence-electron chi connectivity index (χ4n) is 0.269. The van der Waals surface area contributed by atoms with Crippen LogP contribution in [-0.2, 0) is 9.78 Å². The summed E-state index contributed by atoms with van der Waals surface area (Å²) in [5.74, 6) is 0. The third kappa shape index (κ3) is 4.62. The third-order valence-corrected chi connectivity index (χ3v) is 1.07. The lowest BCUT2D eigenvalue weighted by Gasteiger charge is -2.08. The summed E-state index contributed by atoms with van der Waals surface area (Å²) >= 11 is 5.16. The Morgan fingerprint density at radius 2 is 2.44 bits per heavy atom. The van der Waals surface area contributed by atoms with Gasteiger partial charge in [0.15, 0.2) is 0 Å². The van der Waals surface area contributed by atoms with Gasteiger partial charge in [0.05, 0.1) is 19.8 Å². The van der Waals surface area contributed by atoms with Gasteiger partial charge in [-0.2, -0.15) is 0 Å². The van der Waals surface area contributed by atoms with Gasteiger partial charge in [0.2, 0.25) is 0 Å². The zero-order chi connectivity index (χ0) is 7.11. The number of hydrogen-bond acceptors (Lipinski definition) is 4. The summed E-state index contributed by atoms with van der Waals surface area (Å²) in [6.45, 7) is 0.156. The molecule has 0 rings (SSSR count). The molecule has 0 aromatic rings. The topological polar surface area (TPSA) is 50.7 Å². The molecule has 0 aliphatic heterocycles. The molecule has 9 heavy (non-hydrogen) atoms. The van der Waals surface area contributed by atoms with Crippen LogP contribution in [0.25, 0.3) is 0 Å². The highest BCUT2D eigenvalue weighted by atomic mass is 35.5. The molecular formula is C4H10ClNO3. The first-order chi connectivity index (χ1) is 4.35. The minimum Gasteiger partial charge on any atom is -0.395 e. The summed E-state index contributed by atoms with van der Waals surface area (Å²) in [5, 5.41) is 8.47. The van der Waals surface area contributed by atoms with Crippen molar-refractivity contribution in [1.82, 2.24) is 4.84 Å². The van der Waals surface area contributed by atoms with Crippen LogP contribution in [0.4, 0.5) is 0 Å². The Labute approximate surface area is 58.7 Å². The van der Waals surface area contributed by atoms with Gasteiger partial charge >= 0.3 is 0 Å². The monoisotopic (exact) mass is 155 g/mol. The lowest BCUT2D eigenvalue weighted by Crippen LogP contribution is -2.30. The second-order valence-electron chi connectivity index (χ2n) is 1.44. The van der Waals surface area contributed by atoms with Crippen LogP contribution in [0.5, 0.6) is 0 Å². The molecule has 0 aromatic heterocycles. The quantitative estimate of drug-likeness (QED) is 0.324. The molecular weight excluding hydrogens is 146 g/mol. The molecule has 0 heterocycles. The summed E-state index contributed by atoms with van der Waals surface area (Å²) in [4.78, 5) is 11.0. The molecule has 0 spiro atoms. The summed E-state index contributed by atoms with van der Waals surface area (Å²) in [5.41, 5.74) is 0. The molecule has 4 nitrogen and oxygen atoms in total. The van der Waals surface area contributed by atoms with Crippen LogP contribution in [-0.4, -0.2) is 31.5 Å². The predicted octanol–water partition coefficient (Wildman–Crippen LogP) is -0.331. The van der Waals surface area contributed by atoms with Gasteiger partial charge < -0.3 is 5.11 Å². The Hall–Kier alpha value is 0.130. The maximum Gasteiger partial charge on any atom is 0.101 e. The SMILES string of the molecule is COOC[C@H](CO)NCl.